The van der Waals surface area contributed by atoms with E-state index < -0.39 is 0 Å². The Morgan fingerprint density at radius 2 is 1.94 bits per heavy atom. The molecule has 0 atom stereocenters. The molecule has 1 aromatic rings. The van der Waals surface area contributed by atoms with Crippen molar-refractivity contribution in [1.82, 2.24) is 5.32 Å². The summed E-state index contributed by atoms with van der Waals surface area (Å²) >= 11 is 3.45. The lowest BCUT2D eigenvalue weighted by Gasteiger charge is -2.28. The highest BCUT2D eigenvalue weighted by Crippen LogP contribution is 2.19. The maximum Gasteiger partial charge on any atom is 0.251 e. The van der Waals surface area contributed by atoms with Gasteiger partial charge in [0.05, 0.1) is 0 Å². The molecule has 0 radical (unpaired) electrons. The van der Waals surface area contributed by atoms with Crippen molar-refractivity contribution in [2.24, 2.45) is 0 Å². The van der Waals surface area contributed by atoms with Crippen molar-refractivity contribution < 1.29 is 4.79 Å². The first-order valence-electron chi connectivity index (χ1n) is 6.00. The Labute approximate surface area is 112 Å². The average Bonchev–Trinajstić information content (AvgIpc) is 2.32. The van der Waals surface area contributed by atoms with Crippen molar-refractivity contribution in [2.45, 2.75) is 46.1 Å². The smallest absolute Gasteiger partial charge is 0.251 e. The van der Waals surface area contributed by atoms with E-state index in [1.54, 1.807) is 0 Å². The van der Waals surface area contributed by atoms with Gasteiger partial charge in [0.25, 0.3) is 5.91 Å². The second-order valence-electron chi connectivity index (χ2n) is 4.69. The van der Waals surface area contributed by atoms with E-state index in [9.17, 15) is 4.79 Å². The number of amides is 1. The Morgan fingerprint density at radius 3 is 2.41 bits per heavy atom. The van der Waals surface area contributed by atoms with Gasteiger partial charge in [-0.15, -0.1) is 0 Å². The van der Waals surface area contributed by atoms with Gasteiger partial charge in [-0.1, -0.05) is 35.8 Å². The van der Waals surface area contributed by atoms with Crippen LogP contribution in [0.25, 0.3) is 0 Å². The molecule has 0 unspecified atom stereocenters. The second-order valence-corrected chi connectivity index (χ2v) is 5.54. The molecule has 0 aliphatic carbocycles. The van der Waals surface area contributed by atoms with Crippen LogP contribution in [0.1, 0.15) is 49.5 Å². The minimum absolute atomic E-state index is 0.00287. The molecule has 1 amide bonds. The third-order valence-corrected chi connectivity index (χ3v) is 4.26. The van der Waals surface area contributed by atoms with Crippen LogP contribution in [0.4, 0.5) is 0 Å². The molecule has 0 aliphatic heterocycles. The van der Waals surface area contributed by atoms with E-state index in [4.69, 9.17) is 0 Å². The molecule has 1 aromatic carbocycles. The molecule has 94 valence electrons. The van der Waals surface area contributed by atoms with Crippen molar-refractivity contribution in [3.63, 3.8) is 0 Å². The van der Waals surface area contributed by atoms with Crippen LogP contribution in [-0.2, 0) is 0 Å². The van der Waals surface area contributed by atoms with Crippen LogP contribution in [0.15, 0.2) is 22.7 Å². The normalized spacial score (nSPS) is 11.4. The quantitative estimate of drug-likeness (QED) is 0.892. The molecule has 3 heteroatoms. The van der Waals surface area contributed by atoms with E-state index in [2.05, 4.69) is 42.0 Å². The fraction of sp³-hybridized carbons (Fsp3) is 0.500. The van der Waals surface area contributed by atoms with Crippen LogP contribution in [0.2, 0.25) is 0 Å². The Hall–Kier alpha value is -0.830. The van der Waals surface area contributed by atoms with Crippen LogP contribution in [0.3, 0.4) is 0 Å². The molecule has 0 saturated heterocycles. The van der Waals surface area contributed by atoms with Crippen LogP contribution in [0, 0.1) is 6.92 Å². The van der Waals surface area contributed by atoms with E-state index in [-0.39, 0.29) is 11.4 Å². The lowest BCUT2D eigenvalue weighted by atomic mass is 9.95. The van der Waals surface area contributed by atoms with Crippen LogP contribution >= 0.6 is 15.9 Å². The summed E-state index contributed by atoms with van der Waals surface area (Å²) in [5.41, 5.74) is 1.72. The van der Waals surface area contributed by atoms with E-state index in [0.29, 0.717) is 5.56 Å². The van der Waals surface area contributed by atoms with Crippen molar-refractivity contribution in [3.8, 4) is 0 Å². The number of aryl methyl sites for hydroxylation is 1. The summed E-state index contributed by atoms with van der Waals surface area (Å²) in [6.45, 7) is 8.27. The van der Waals surface area contributed by atoms with Gasteiger partial charge in [0.1, 0.15) is 0 Å². The molecule has 0 saturated carbocycles. The first-order chi connectivity index (χ1) is 7.91. The first-order valence-corrected chi connectivity index (χ1v) is 6.80. The summed E-state index contributed by atoms with van der Waals surface area (Å²) in [5, 5.41) is 3.10. The number of carbonyl (C=O) groups is 1. The van der Waals surface area contributed by atoms with Gasteiger partial charge in [-0.05, 0) is 44.4 Å². The zero-order valence-corrected chi connectivity index (χ0v) is 12.5. The molecular weight excluding hydrogens is 278 g/mol. The minimum Gasteiger partial charge on any atom is -0.347 e. The summed E-state index contributed by atoms with van der Waals surface area (Å²) in [7, 11) is 0. The van der Waals surface area contributed by atoms with Crippen molar-refractivity contribution in [1.29, 1.82) is 0 Å². The summed E-state index contributed by atoms with van der Waals surface area (Å²) in [5.74, 6) is -0.00287. The molecule has 0 aliphatic rings. The molecule has 1 rings (SSSR count). The van der Waals surface area contributed by atoms with E-state index in [0.717, 1.165) is 22.9 Å². The highest BCUT2D eigenvalue weighted by molar-refractivity contribution is 9.10. The van der Waals surface area contributed by atoms with Gasteiger partial charge in [-0.3, -0.25) is 4.79 Å². The number of benzene rings is 1. The van der Waals surface area contributed by atoms with Gasteiger partial charge in [-0.25, -0.2) is 0 Å². The SMILES string of the molecule is CCC(C)(CC)NC(=O)c1ccc(C)c(Br)c1. The van der Waals surface area contributed by atoms with Crippen LogP contribution < -0.4 is 5.32 Å². The predicted octanol–water partition coefficient (Wildman–Crippen LogP) is 4.07. The van der Waals surface area contributed by atoms with Gasteiger partial charge in [0, 0.05) is 15.6 Å². The zero-order valence-electron chi connectivity index (χ0n) is 10.9. The molecule has 0 spiro atoms. The van der Waals surface area contributed by atoms with Crippen molar-refractivity contribution in [3.05, 3.63) is 33.8 Å². The van der Waals surface area contributed by atoms with E-state index in [1.165, 1.54) is 0 Å². The Morgan fingerprint density at radius 1 is 1.35 bits per heavy atom. The lowest BCUT2D eigenvalue weighted by Crippen LogP contribution is -2.44. The number of carbonyl (C=O) groups excluding carboxylic acids is 1. The highest BCUT2D eigenvalue weighted by Gasteiger charge is 2.22. The van der Waals surface area contributed by atoms with Gasteiger partial charge in [0.2, 0.25) is 0 Å². The second kappa shape index (κ2) is 5.67. The average molecular weight is 298 g/mol. The van der Waals surface area contributed by atoms with Gasteiger partial charge >= 0.3 is 0 Å². The molecule has 0 heterocycles. The molecule has 1 N–H and O–H groups in total. The first kappa shape index (κ1) is 14.2. The zero-order chi connectivity index (χ0) is 13.1. The highest BCUT2D eigenvalue weighted by atomic mass is 79.9. The van der Waals surface area contributed by atoms with Crippen LogP contribution in [0.5, 0.6) is 0 Å². The van der Waals surface area contributed by atoms with Crippen LogP contribution in [-0.4, -0.2) is 11.4 Å². The number of rotatable bonds is 4. The van der Waals surface area contributed by atoms with E-state index in [1.807, 2.05) is 25.1 Å². The van der Waals surface area contributed by atoms with Crippen molar-refractivity contribution in [2.75, 3.05) is 0 Å². The summed E-state index contributed by atoms with van der Waals surface area (Å²) in [6.07, 6.45) is 1.87. The van der Waals surface area contributed by atoms with Crippen molar-refractivity contribution >= 4 is 21.8 Å². The Kier molecular flexibility index (Phi) is 4.75. The third-order valence-electron chi connectivity index (χ3n) is 3.41. The lowest BCUT2D eigenvalue weighted by molar-refractivity contribution is 0.0901. The Bertz CT molecular complexity index is 411. The number of hydrogen-bond donors (Lipinski definition) is 1. The third kappa shape index (κ3) is 3.56. The molecule has 0 fully saturated rings. The fourth-order valence-electron chi connectivity index (χ4n) is 1.51. The topological polar surface area (TPSA) is 29.1 Å². The molecule has 17 heavy (non-hydrogen) atoms. The van der Waals surface area contributed by atoms with E-state index >= 15 is 0 Å². The summed E-state index contributed by atoms with van der Waals surface area (Å²) in [4.78, 5) is 12.1. The number of hydrogen-bond acceptors (Lipinski definition) is 1. The largest absolute Gasteiger partial charge is 0.347 e. The number of nitrogens with one attached hydrogen (secondary N) is 1. The molecule has 0 bridgehead atoms. The number of halogens is 1. The molecule has 2 nitrogen and oxygen atoms in total. The fourth-order valence-corrected chi connectivity index (χ4v) is 1.89. The maximum atomic E-state index is 12.1. The summed E-state index contributed by atoms with van der Waals surface area (Å²) < 4.78 is 0.972. The van der Waals surface area contributed by atoms with Gasteiger partial charge in [-0.2, -0.15) is 0 Å². The van der Waals surface area contributed by atoms with Gasteiger partial charge in [0.15, 0.2) is 0 Å². The summed E-state index contributed by atoms with van der Waals surface area (Å²) in [6, 6.07) is 5.69. The predicted molar refractivity (Wildman–Crippen MR) is 75.3 cm³/mol. The van der Waals surface area contributed by atoms with Gasteiger partial charge < -0.3 is 5.32 Å². The maximum absolute atomic E-state index is 12.1. The standard InChI is InChI=1S/C14H20BrNO/c1-5-14(4,6-2)16-13(17)11-8-7-10(3)12(15)9-11/h7-9H,5-6H2,1-4H3,(H,16,17). The molecular formula is C14H20BrNO. The Balaban J connectivity index is 2.86. The minimum atomic E-state index is -0.117. The molecule has 0 aromatic heterocycles. The monoisotopic (exact) mass is 297 g/mol.